The zero-order valence-corrected chi connectivity index (χ0v) is 3.95. The normalized spacial score (nSPS) is 18.0. The SMILES string of the molecule is C1C[N-]1.[Ru+]. The molecule has 25 valence electrons. The molecule has 1 fully saturated rings. The molecule has 1 saturated heterocycles. The van der Waals surface area contributed by atoms with Crippen LogP contribution in [0.1, 0.15) is 0 Å². The van der Waals surface area contributed by atoms with Crippen LogP contribution in [0.15, 0.2) is 0 Å². The number of nitrogens with zero attached hydrogens (tertiary/aromatic N) is 1. The van der Waals surface area contributed by atoms with E-state index < -0.39 is 0 Å². The summed E-state index contributed by atoms with van der Waals surface area (Å²) in [6.07, 6.45) is 0. The van der Waals surface area contributed by atoms with Crippen LogP contribution >= 0.6 is 0 Å². The summed E-state index contributed by atoms with van der Waals surface area (Å²) in [7, 11) is 0. The van der Waals surface area contributed by atoms with E-state index in [1.54, 1.807) is 0 Å². The first kappa shape index (κ1) is 4.58. The van der Waals surface area contributed by atoms with Crippen LogP contribution in [0.5, 0.6) is 0 Å². The molecule has 0 saturated carbocycles. The van der Waals surface area contributed by atoms with Gasteiger partial charge in [-0.2, -0.15) is 13.1 Å². The van der Waals surface area contributed by atoms with Crippen molar-refractivity contribution in [1.29, 1.82) is 0 Å². The van der Waals surface area contributed by atoms with E-state index in [0.29, 0.717) is 0 Å². The van der Waals surface area contributed by atoms with Crippen LogP contribution in [0.4, 0.5) is 0 Å². The van der Waals surface area contributed by atoms with Crippen molar-refractivity contribution in [2.24, 2.45) is 0 Å². The van der Waals surface area contributed by atoms with Crippen molar-refractivity contribution in [3.8, 4) is 0 Å². The van der Waals surface area contributed by atoms with Crippen molar-refractivity contribution in [2.45, 2.75) is 0 Å². The van der Waals surface area contributed by atoms with E-state index in [4.69, 9.17) is 0 Å². The van der Waals surface area contributed by atoms with Crippen LogP contribution in [0.2, 0.25) is 0 Å². The molecule has 0 aliphatic carbocycles. The van der Waals surface area contributed by atoms with Crippen molar-refractivity contribution in [2.75, 3.05) is 13.1 Å². The molecule has 1 rings (SSSR count). The molecule has 2 heteroatoms. The maximum atomic E-state index is 3.75. The Morgan fingerprint density at radius 1 is 1.25 bits per heavy atom. The molecule has 1 radical (unpaired) electrons. The summed E-state index contributed by atoms with van der Waals surface area (Å²) in [4.78, 5) is 0. The predicted molar refractivity (Wildman–Crippen MR) is 13.1 cm³/mol. The first-order valence-corrected chi connectivity index (χ1v) is 1.13. The summed E-state index contributed by atoms with van der Waals surface area (Å²) in [5.74, 6) is 0. The van der Waals surface area contributed by atoms with Crippen LogP contribution < -0.4 is 0 Å². The van der Waals surface area contributed by atoms with Crippen molar-refractivity contribution in [3.05, 3.63) is 5.32 Å². The Labute approximate surface area is 38.5 Å². The van der Waals surface area contributed by atoms with Gasteiger partial charge in [0.05, 0.1) is 0 Å². The van der Waals surface area contributed by atoms with E-state index in [-0.39, 0.29) is 19.5 Å². The van der Waals surface area contributed by atoms with E-state index in [1.807, 2.05) is 0 Å². The molecule has 0 aromatic carbocycles. The van der Waals surface area contributed by atoms with Crippen LogP contribution in [0.3, 0.4) is 0 Å². The zero-order chi connectivity index (χ0) is 2.12. The minimum atomic E-state index is 0. The summed E-state index contributed by atoms with van der Waals surface area (Å²) < 4.78 is 0. The van der Waals surface area contributed by atoms with Gasteiger partial charge in [0, 0.05) is 0 Å². The fourth-order valence-corrected chi connectivity index (χ4v) is 0. The smallest absolute Gasteiger partial charge is 0.665 e. The van der Waals surface area contributed by atoms with Crippen LogP contribution in [0.25, 0.3) is 5.32 Å². The first-order chi connectivity index (χ1) is 1.50. The zero-order valence-electron chi connectivity index (χ0n) is 2.21. The molecule has 1 heterocycles. The number of rotatable bonds is 0. The molecule has 0 aromatic rings. The van der Waals surface area contributed by atoms with E-state index in [2.05, 4.69) is 5.32 Å². The second-order valence-electron chi connectivity index (χ2n) is 0.671. The second-order valence-corrected chi connectivity index (χ2v) is 0.671. The topological polar surface area (TPSA) is 14.1 Å². The maximum Gasteiger partial charge on any atom is 1.00 e. The van der Waals surface area contributed by atoms with Gasteiger partial charge in [-0.25, -0.2) is 0 Å². The van der Waals surface area contributed by atoms with Gasteiger partial charge in [0.25, 0.3) is 0 Å². The molecule has 0 spiro atoms. The molecule has 1 aliphatic heterocycles. The van der Waals surface area contributed by atoms with Crippen LogP contribution in [-0.4, -0.2) is 13.1 Å². The fraction of sp³-hybridized carbons (Fsp3) is 1.00. The van der Waals surface area contributed by atoms with Crippen molar-refractivity contribution in [1.82, 2.24) is 0 Å². The Bertz CT molecular complexity index is 10.8. The van der Waals surface area contributed by atoms with Gasteiger partial charge in [-0.1, -0.05) is 0 Å². The molecule has 0 N–H and O–H groups in total. The van der Waals surface area contributed by atoms with Gasteiger partial charge in [-0.3, -0.25) is 0 Å². The minimum Gasteiger partial charge on any atom is -0.665 e. The molecular weight excluding hydrogens is 139 g/mol. The van der Waals surface area contributed by atoms with Gasteiger partial charge in [-0.15, -0.1) is 0 Å². The number of hydrogen-bond donors (Lipinski definition) is 0. The Hall–Kier alpha value is 0.583. The third-order valence-electron chi connectivity index (χ3n) is 0.224. The average molecular weight is 143 g/mol. The fourth-order valence-electron chi connectivity index (χ4n) is 0. The largest absolute Gasteiger partial charge is 1.00 e. The van der Waals surface area contributed by atoms with Crippen LogP contribution in [-0.2, 0) is 19.5 Å². The summed E-state index contributed by atoms with van der Waals surface area (Å²) in [6.45, 7) is 2.25. The molecule has 0 atom stereocenters. The average Bonchev–Trinajstić information content (AvgIpc) is 1.46. The predicted octanol–water partition coefficient (Wildman–Crippen LogP) is 0.371. The van der Waals surface area contributed by atoms with Gasteiger partial charge in [-0.05, 0) is 0 Å². The molecule has 4 heavy (non-hydrogen) atoms. The van der Waals surface area contributed by atoms with Gasteiger partial charge in [0.2, 0.25) is 0 Å². The van der Waals surface area contributed by atoms with Gasteiger partial charge < -0.3 is 5.32 Å². The molecular formula is C2H4NRu. The van der Waals surface area contributed by atoms with Crippen molar-refractivity contribution in [3.63, 3.8) is 0 Å². The molecule has 0 bridgehead atoms. The van der Waals surface area contributed by atoms with Gasteiger partial charge in [0.15, 0.2) is 0 Å². The number of hydrogen-bond acceptors (Lipinski definition) is 0. The second kappa shape index (κ2) is 1.86. The molecule has 0 unspecified atom stereocenters. The van der Waals surface area contributed by atoms with E-state index >= 15 is 0 Å². The first-order valence-electron chi connectivity index (χ1n) is 1.13. The molecule has 1 aliphatic rings. The Balaban J connectivity index is 0.0000000900. The summed E-state index contributed by atoms with van der Waals surface area (Å²) in [5.41, 5.74) is 0. The monoisotopic (exact) mass is 144 g/mol. The Morgan fingerprint density at radius 2 is 1.50 bits per heavy atom. The third kappa shape index (κ3) is 2.58. The quantitative estimate of drug-likeness (QED) is 0.343. The molecule has 0 amide bonds. The van der Waals surface area contributed by atoms with Crippen molar-refractivity contribution >= 4 is 0 Å². The summed E-state index contributed by atoms with van der Waals surface area (Å²) in [6, 6.07) is 0. The van der Waals surface area contributed by atoms with Gasteiger partial charge in [0.1, 0.15) is 0 Å². The Morgan fingerprint density at radius 3 is 1.50 bits per heavy atom. The van der Waals surface area contributed by atoms with E-state index in [9.17, 15) is 0 Å². The van der Waals surface area contributed by atoms with E-state index in [0.717, 1.165) is 13.1 Å². The molecule has 0 aromatic heterocycles. The Kier molecular flexibility index (Phi) is 2.13. The minimum absolute atomic E-state index is 0. The summed E-state index contributed by atoms with van der Waals surface area (Å²) >= 11 is 0. The molecule has 1 nitrogen and oxygen atoms in total. The third-order valence-corrected chi connectivity index (χ3v) is 0.224. The summed E-state index contributed by atoms with van der Waals surface area (Å²) in [5, 5.41) is 3.75. The van der Waals surface area contributed by atoms with Crippen LogP contribution in [0, 0.1) is 0 Å². The van der Waals surface area contributed by atoms with Gasteiger partial charge >= 0.3 is 19.5 Å². The maximum absolute atomic E-state index is 3.75. The van der Waals surface area contributed by atoms with E-state index in [1.165, 1.54) is 0 Å². The standard InChI is InChI=1S/C2H4N.Ru/c1-2-3-1;/h1-2H2;/q-1;+1. The van der Waals surface area contributed by atoms with Crippen molar-refractivity contribution < 1.29 is 19.5 Å².